The van der Waals surface area contributed by atoms with Gasteiger partial charge in [-0.15, -0.1) is 0 Å². The van der Waals surface area contributed by atoms with Gasteiger partial charge in [-0.25, -0.2) is 0 Å². The van der Waals surface area contributed by atoms with Crippen molar-refractivity contribution in [2.75, 3.05) is 18.0 Å². The van der Waals surface area contributed by atoms with E-state index in [4.69, 9.17) is 5.73 Å². The molecule has 130 valence electrons. The minimum atomic E-state index is -4.24. The van der Waals surface area contributed by atoms with Crippen molar-refractivity contribution in [3.8, 4) is 0 Å². The van der Waals surface area contributed by atoms with Gasteiger partial charge in [0.15, 0.2) is 0 Å². The van der Waals surface area contributed by atoms with Crippen LogP contribution in [0, 0.1) is 0 Å². The van der Waals surface area contributed by atoms with Crippen molar-refractivity contribution in [3.63, 3.8) is 0 Å². The molecule has 0 unspecified atom stereocenters. The quantitative estimate of drug-likeness (QED) is 0.788. The first kappa shape index (κ1) is 18.1. The van der Waals surface area contributed by atoms with Crippen LogP contribution < -0.4 is 10.6 Å². The van der Waals surface area contributed by atoms with E-state index in [2.05, 4.69) is 4.90 Å². The van der Waals surface area contributed by atoms with Gasteiger partial charge in [0.1, 0.15) is 0 Å². The van der Waals surface area contributed by atoms with Crippen molar-refractivity contribution in [2.24, 2.45) is 5.73 Å². The fourth-order valence-electron chi connectivity index (χ4n) is 3.15. The van der Waals surface area contributed by atoms with Gasteiger partial charge in [-0.1, -0.05) is 19.3 Å². The molecule has 0 aromatic heterocycles. The van der Waals surface area contributed by atoms with Gasteiger partial charge in [-0.05, 0) is 56.4 Å². The molecule has 2 N–H and O–H groups in total. The monoisotopic (exact) mass is 328 g/mol. The molecule has 1 aromatic carbocycles. The lowest BCUT2D eigenvalue weighted by Gasteiger charge is -2.28. The average Bonchev–Trinajstić information content (AvgIpc) is 2.56. The fourth-order valence-corrected chi connectivity index (χ4v) is 3.15. The van der Waals surface area contributed by atoms with Gasteiger partial charge in [0.05, 0.1) is 5.56 Å². The summed E-state index contributed by atoms with van der Waals surface area (Å²) in [7, 11) is 0. The molecule has 1 saturated carbocycles. The number of benzene rings is 1. The smallest absolute Gasteiger partial charge is 0.372 e. The molecule has 3 rings (SSSR count). The van der Waals surface area contributed by atoms with Crippen LogP contribution in [-0.4, -0.2) is 19.1 Å². The van der Waals surface area contributed by atoms with Crippen LogP contribution in [0.5, 0.6) is 0 Å². The molecule has 2 nitrogen and oxygen atoms in total. The third-order valence-electron chi connectivity index (χ3n) is 4.57. The molecule has 1 aromatic rings. The summed E-state index contributed by atoms with van der Waals surface area (Å²) in [5.41, 5.74) is 5.96. The lowest BCUT2D eigenvalue weighted by molar-refractivity contribution is -0.137. The molecule has 5 heteroatoms. The first-order chi connectivity index (χ1) is 11.0. The third-order valence-corrected chi connectivity index (χ3v) is 4.57. The van der Waals surface area contributed by atoms with Crippen molar-refractivity contribution in [3.05, 3.63) is 29.8 Å². The number of halogens is 3. The summed E-state index contributed by atoms with van der Waals surface area (Å²) in [6.45, 7) is 1.90. The predicted molar refractivity (Wildman–Crippen MR) is 88.6 cm³/mol. The van der Waals surface area contributed by atoms with E-state index in [-0.39, 0.29) is 0 Å². The molecule has 0 radical (unpaired) electrons. The van der Waals surface area contributed by atoms with Crippen LogP contribution in [0.4, 0.5) is 18.9 Å². The first-order valence-electron chi connectivity index (χ1n) is 8.64. The Hall–Kier alpha value is -1.23. The summed E-state index contributed by atoms with van der Waals surface area (Å²) < 4.78 is 37.0. The van der Waals surface area contributed by atoms with Crippen molar-refractivity contribution in [2.45, 2.75) is 63.6 Å². The van der Waals surface area contributed by atoms with E-state index >= 15 is 0 Å². The van der Waals surface area contributed by atoms with Crippen LogP contribution in [0.25, 0.3) is 0 Å². The van der Waals surface area contributed by atoms with Gasteiger partial charge < -0.3 is 10.6 Å². The Labute approximate surface area is 136 Å². The number of alkyl halides is 3. The molecule has 2 fully saturated rings. The van der Waals surface area contributed by atoms with E-state index in [1.807, 2.05) is 0 Å². The minimum absolute atomic E-state index is 0.536. The summed E-state index contributed by atoms with van der Waals surface area (Å²) in [5.74, 6) is 0. The van der Waals surface area contributed by atoms with E-state index in [1.54, 1.807) is 12.1 Å². The molecular weight excluding hydrogens is 301 g/mol. The lowest BCUT2D eigenvalue weighted by Crippen LogP contribution is -2.29. The molecular formula is C18H27F3N2. The Morgan fingerprint density at radius 1 is 0.826 bits per heavy atom. The Kier molecular flexibility index (Phi) is 6.75. The molecule has 23 heavy (non-hydrogen) atoms. The highest BCUT2D eigenvalue weighted by atomic mass is 19.4. The van der Waals surface area contributed by atoms with Crippen molar-refractivity contribution in [1.82, 2.24) is 0 Å². The highest BCUT2D eigenvalue weighted by Gasteiger charge is 2.30. The molecule has 0 amide bonds. The maximum Gasteiger partial charge on any atom is 0.416 e. The normalized spacial score (nSPS) is 19.9. The van der Waals surface area contributed by atoms with Gasteiger partial charge in [0, 0.05) is 24.8 Å². The maximum atomic E-state index is 12.3. The Morgan fingerprint density at radius 3 is 1.78 bits per heavy atom. The number of nitrogens with two attached hydrogens (primary N) is 1. The van der Waals surface area contributed by atoms with E-state index in [0.717, 1.165) is 43.8 Å². The molecule has 0 bridgehead atoms. The summed E-state index contributed by atoms with van der Waals surface area (Å²) >= 11 is 0. The van der Waals surface area contributed by atoms with E-state index in [0.29, 0.717) is 6.04 Å². The van der Waals surface area contributed by atoms with Crippen LogP contribution in [0.1, 0.15) is 56.9 Å². The zero-order valence-electron chi connectivity index (χ0n) is 13.6. The zero-order valence-corrected chi connectivity index (χ0v) is 13.6. The molecule has 1 heterocycles. The molecule has 2 aliphatic rings. The number of piperidine rings is 1. The number of nitrogens with zero attached hydrogens (tertiary/aromatic N) is 1. The van der Waals surface area contributed by atoms with E-state index < -0.39 is 11.7 Å². The highest BCUT2D eigenvalue weighted by molar-refractivity contribution is 5.48. The summed E-state index contributed by atoms with van der Waals surface area (Å²) in [6, 6.07) is 5.98. The second-order valence-electron chi connectivity index (χ2n) is 6.49. The Bertz CT molecular complexity index is 444. The topological polar surface area (TPSA) is 29.3 Å². The second-order valence-corrected chi connectivity index (χ2v) is 6.49. The SMILES string of the molecule is FC(F)(F)c1ccc(N2CCCCC2)cc1.NC1CCCCC1. The van der Waals surface area contributed by atoms with Gasteiger partial charge in [-0.3, -0.25) is 0 Å². The number of anilines is 1. The van der Waals surface area contributed by atoms with Gasteiger partial charge >= 0.3 is 6.18 Å². The highest BCUT2D eigenvalue weighted by Crippen LogP contribution is 2.31. The van der Waals surface area contributed by atoms with E-state index in [9.17, 15) is 13.2 Å². The zero-order chi connectivity index (χ0) is 16.7. The number of hydrogen-bond acceptors (Lipinski definition) is 2. The van der Waals surface area contributed by atoms with Crippen LogP contribution in [0.2, 0.25) is 0 Å². The molecule has 0 atom stereocenters. The predicted octanol–water partition coefficient (Wildman–Crippen LogP) is 4.97. The second kappa shape index (κ2) is 8.57. The van der Waals surface area contributed by atoms with Crippen molar-refractivity contribution < 1.29 is 13.2 Å². The first-order valence-corrected chi connectivity index (χ1v) is 8.64. The van der Waals surface area contributed by atoms with Crippen molar-refractivity contribution >= 4 is 5.69 Å². The van der Waals surface area contributed by atoms with Crippen LogP contribution in [-0.2, 0) is 6.18 Å². The van der Waals surface area contributed by atoms with Gasteiger partial charge in [0.25, 0.3) is 0 Å². The van der Waals surface area contributed by atoms with Crippen LogP contribution >= 0.6 is 0 Å². The number of rotatable bonds is 1. The van der Waals surface area contributed by atoms with E-state index in [1.165, 1.54) is 38.5 Å². The average molecular weight is 328 g/mol. The Balaban J connectivity index is 0.000000229. The maximum absolute atomic E-state index is 12.3. The van der Waals surface area contributed by atoms with Gasteiger partial charge in [-0.2, -0.15) is 13.2 Å². The summed E-state index contributed by atoms with van der Waals surface area (Å²) in [6.07, 6.45) is 5.90. The van der Waals surface area contributed by atoms with Crippen molar-refractivity contribution in [1.29, 1.82) is 0 Å². The minimum Gasteiger partial charge on any atom is -0.372 e. The standard InChI is InChI=1S/C12H14F3N.C6H13N/c13-12(14,15)10-4-6-11(7-5-10)16-8-2-1-3-9-16;7-6-4-2-1-3-5-6/h4-7H,1-3,8-9H2;6H,1-5,7H2. The molecule has 0 spiro atoms. The molecule has 1 aliphatic heterocycles. The van der Waals surface area contributed by atoms with Crippen LogP contribution in [0.3, 0.4) is 0 Å². The number of hydrogen-bond donors (Lipinski definition) is 1. The molecule has 1 saturated heterocycles. The summed E-state index contributed by atoms with van der Waals surface area (Å²) in [4.78, 5) is 2.14. The third kappa shape index (κ3) is 6.05. The Morgan fingerprint density at radius 2 is 1.35 bits per heavy atom. The summed E-state index contributed by atoms with van der Waals surface area (Å²) in [5, 5.41) is 0. The largest absolute Gasteiger partial charge is 0.416 e. The lowest BCUT2D eigenvalue weighted by atomic mass is 9.97. The van der Waals surface area contributed by atoms with Gasteiger partial charge in [0.2, 0.25) is 0 Å². The fraction of sp³-hybridized carbons (Fsp3) is 0.667. The van der Waals surface area contributed by atoms with Crippen LogP contribution in [0.15, 0.2) is 24.3 Å². The molecule has 1 aliphatic carbocycles.